The maximum absolute atomic E-state index is 14.2. The second-order valence-corrected chi connectivity index (χ2v) is 15.8. The van der Waals surface area contributed by atoms with Crippen LogP contribution in [-0.2, 0) is 38.4 Å². The second kappa shape index (κ2) is 16.3. The van der Waals surface area contributed by atoms with Gasteiger partial charge in [-0.2, -0.15) is 11.8 Å². The summed E-state index contributed by atoms with van der Waals surface area (Å²) in [6, 6.07) is 20.1. The van der Waals surface area contributed by atoms with Crippen molar-refractivity contribution in [2.75, 3.05) is 23.6 Å². The van der Waals surface area contributed by atoms with Crippen LogP contribution in [0.15, 0.2) is 78.9 Å². The Morgan fingerprint density at radius 3 is 2.40 bits per heavy atom. The van der Waals surface area contributed by atoms with E-state index in [-0.39, 0.29) is 24.5 Å². The monoisotopic (exact) mass is 719 g/mol. The lowest BCUT2D eigenvalue weighted by molar-refractivity contribution is -0.148. The summed E-state index contributed by atoms with van der Waals surface area (Å²) in [6.45, 7) is 3.73. The predicted octanol–water partition coefficient (Wildman–Crippen LogP) is 2.20. The van der Waals surface area contributed by atoms with Crippen molar-refractivity contribution in [3.8, 4) is 0 Å². The Labute approximate surface area is 301 Å². The Morgan fingerprint density at radius 2 is 1.68 bits per heavy atom. The largest absolute Gasteiger partial charge is 0.398 e. The number of carbonyl (C=O) groups is 4. The molecule has 0 radical (unpaired) electrons. The van der Waals surface area contributed by atoms with Crippen molar-refractivity contribution in [3.05, 3.63) is 101 Å². The highest BCUT2D eigenvalue weighted by atomic mass is 32.2. The molecule has 0 saturated carbocycles. The number of anilines is 1. The van der Waals surface area contributed by atoms with Crippen LogP contribution in [0, 0.1) is 0 Å². The SMILES string of the molecule is CSCC(NC(=O)Cc1ccccc1N)C(=O)NC(Cc1ccccc1)C(O)C(=O)N1CSC(C)(C)C1C(=O)NC1c2ccccc2CC1O. The number of nitrogens with one attached hydrogen (secondary N) is 3. The molecule has 0 bridgehead atoms. The van der Waals surface area contributed by atoms with Gasteiger partial charge in [-0.3, -0.25) is 19.2 Å². The predicted molar refractivity (Wildman–Crippen MR) is 197 cm³/mol. The maximum Gasteiger partial charge on any atom is 0.254 e. The van der Waals surface area contributed by atoms with Gasteiger partial charge in [-0.25, -0.2) is 0 Å². The van der Waals surface area contributed by atoms with Crippen LogP contribution in [0.3, 0.4) is 0 Å². The van der Waals surface area contributed by atoms with Crippen LogP contribution in [-0.4, -0.2) is 91.7 Å². The first-order valence-corrected chi connectivity index (χ1v) is 18.9. The summed E-state index contributed by atoms with van der Waals surface area (Å²) >= 11 is 2.77. The van der Waals surface area contributed by atoms with Gasteiger partial charge in [-0.15, -0.1) is 11.8 Å². The van der Waals surface area contributed by atoms with Gasteiger partial charge in [0.1, 0.15) is 12.1 Å². The summed E-state index contributed by atoms with van der Waals surface area (Å²) in [6.07, 6.45) is -0.210. The molecule has 266 valence electrons. The lowest BCUT2D eigenvalue weighted by Gasteiger charge is -2.34. The summed E-state index contributed by atoms with van der Waals surface area (Å²) in [5.41, 5.74) is 9.68. The zero-order valence-electron chi connectivity index (χ0n) is 28.4. The van der Waals surface area contributed by atoms with E-state index in [1.54, 1.807) is 24.3 Å². The fourth-order valence-electron chi connectivity index (χ4n) is 6.59. The minimum Gasteiger partial charge on any atom is -0.398 e. The molecule has 2 aliphatic rings. The van der Waals surface area contributed by atoms with Crippen LogP contribution in [0.1, 0.15) is 42.1 Å². The molecule has 1 saturated heterocycles. The number of nitrogens with two attached hydrogens (primary N) is 1. The Balaban J connectivity index is 1.34. The maximum atomic E-state index is 14.2. The first kappa shape index (κ1) is 37.2. The van der Waals surface area contributed by atoms with Gasteiger partial charge in [0.05, 0.1) is 30.5 Å². The van der Waals surface area contributed by atoms with E-state index in [1.807, 2.05) is 74.7 Å². The number of benzene rings is 3. The van der Waals surface area contributed by atoms with Gasteiger partial charge in [0.25, 0.3) is 5.91 Å². The number of nitrogens with zero attached hydrogens (tertiary/aromatic N) is 1. The minimum atomic E-state index is -1.71. The van der Waals surface area contributed by atoms with Gasteiger partial charge >= 0.3 is 0 Å². The number of nitrogen functional groups attached to an aromatic ring is 1. The first-order chi connectivity index (χ1) is 23.9. The fraction of sp³-hybridized carbons (Fsp3) is 0.405. The smallest absolute Gasteiger partial charge is 0.254 e. The average Bonchev–Trinajstić information content (AvgIpc) is 3.59. The van der Waals surface area contributed by atoms with Crippen LogP contribution >= 0.6 is 23.5 Å². The summed E-state index contributed by atoms with van der Waals surface area (Å²) in [7, 11) is 0. The van der Waals surface area contributed by atoms with Crippen molar-refractivity contribution in [2.45, 2.75) is 74.2 Å². The van der Waals surface area contributed by atoms with E-state index in [9.17, 15) is 29.4 Å². The summed E-state index contributed by atoms with van der Waals surface area (Å²) in [5, 5.41) is 31.1. The van der Waals surface area contributed by atoms with E-state index in [0.717, 1.165) is 16.7 Å². The molecule has 0 aromatic heterocycles. The standard InChI is InChI=1S/C37H45N5O6S2/c1-37(2)33(35(47)41-31-25-15-9-7-13-23(25)18-29(31)43)42(21-50-37)36(48)32(45)27(17-22-11-5-4-6-12-22)40-34(46)28(20-49-3)39-30(44)19-24-14-8-10-16-26(24)38/h4-16,27-29,31-33,43,45H,17-21,38H2,1-3H3,(H,39,44)(H,40,46)(H,41,47). The highest BCUT2D eigenvalue weighted by Crippen LogP contribution is 2.41. The minimum absolute atomic E-state index is 0.0191. The zero-order chi connectivity index (χ0) is 36.0. The number of thioether (sulfide) groups is 2. The average molecular weight is 720 g/mol. The summed E-state index contributed by atoms with van der Waals surface area (Å²) in [4.78, 5) is 56.2. The normalized spacial score (nSPS) is 21.1. The molecule has 11 nitrogen and oxygen atoms in total. The fourth-order valence-corrected chi connectivity index (χ4v) is 8.30. The Morgan fingerprint density at radius 1 is 1.00 bits per heavy atom. The molecule has 6 unspecified atom stereocenters. The third-order valence-electron chi connectivity index (χ3n) is 9.23. The molecule has 1 fully saturated rings. The van der Waals surface area contributed by atoms with Gasteiger partial charge in [0.15, 0.2) is 6.10 Å². The molecule has 5 rings (SSSR count). The molecular formula is C37H45N5O6S2. The van der Waals surface area contributed by atoms with Crippen LogP contribution in [0.25, 0.3) is 0 Å². The van der Waals surface area contributed by atoms with Crippen molar-refractivity contribution in [3.63, 3.8) is 0 Å². The van der Waals surface area contributed by atoms with E-state index >= 15 is 0 Å². The molecule has 4 amide bonds. The van der Waals surface area contributed by atoms with Gasteiger partial charge in [0, 0.05) is 22.6 Å². The Bertz CT molecular complexity index is 1690. The molecule has 6 atom stereocenters. The van der Waals surface area contributed by atoms with Crippen molar-refractivity contribution >= 4 is 52.8 Å². The lowest BCUT2D eigenvalue weighted by Crippen LogP contribution is -2.60. The molecule has 0 spiro atoms. The van der Waals surface area contributed by atoms with Gasteiger partial charge < -0.3 is 36.8 Å². The molecule has 13 heteroatoms. The first-order valence-electron chi connectivity index (χ1n) is 16.5. The molecule has 1 aliphatic carbocycles. The summed E-state index contributed by atoms with van der Waals surface area (Å²) in [5.74, 6) is -1.70. The van der Waals surface area contributed by atoms with E-state index < -0.39 is 64.8 Å². The van der Waals surface area contributed by atoms with E-state index in [1.165, 1.54) is 28.4 Å². The number of amides is 4. The van der Waals surface area contributed by atoms with E-state index in [0.29, 0.717) is 17.7 Å². The van der Waals surface area contributed by atoms with Crippen molar-refractivity contribution in [1.29, 1.82) is 0 Å². The van der Waals surface area contributed by atoms with Crippen LogP contribution in [0.2, 0.25) is 0 Å². The van der Waals surface area contributed by atoms with Gasteiger partial charge in [0.2, 0.25) is 17.7 Å². The van der Waals surface area contributed by atoms with E-state index in [2.05, 4.69) is 16.0 Å². The Kier molecular flexibility index (Phi) is 12.2. The third-order valence-corrected chi connectivity index (χ3v) is 11.3. The number of para-hydroxylation sites is 1. The number of hydrogen-bond donors (Lipinski definition) is 6. The molecule has 3 aromatic carbocycles. The van der Waals surface area contributed by atoms with Crippen LogP contribution in [0.4, 0.5) is 5.69 Å². The molecule has 3 aromatic rings. The number of carbonyl (C=O) groups excluding carboxylic acids is 4. The molecular weight excluding hydrogens is 675 g/mol. The molecule has 50 heavy (non-hydrogen) atoms. The second-order valence-electron chi connectivity index (χ2n) is 13.2. The molecule has 7 N–H and O–H groups in total. The number of aliphatic hydroxyl groups is 2. The van der Waals surface area contributed by atoms with Gasteiger partial charge in [-0.1, -0.05) is 72.8 Å². The summed E-state index contributed by atoms with van der Waals surface area (Å²) < 4.78 is -0.712. The van der Waals surface area contributed by atoms with E-state index in [4.69, 9.17) is 5.73 Å². The van der Waals surface area contributed by atoms with Crippen molar-refractivity contribution < 1.29 is 29.4 Å². The number of fused-ring (bicyclic) bond motifs is 1. The lowest BCUT2D eigenvalue weighted by atomic mass is 9.96. The van der Waals surface area contributed by atoms with Crippen LogP contribution < -0.4 is 21.7 Å². The highest BCUT2D eigenvalue weighted by molar-refractivity contribution is 8.00. The van der Waals surface area contributed by atoms with Crippen molar-refractivity contribution in [1.82, 2.24) is 20.9 Å². The highest BCUT2D eigenvalue weighted by Gasteiger charge is 2.51. The van der Waals surface area contributed by atoms with Crippen molar-refractivity contribution in [2.24, 2.45) is 0 Å². The third kappa shape index (κ3) is 8.63. The quantitative estimate of drug-likeness (QED) is 0.145. The number of rotatable bonds is 13. The number of aliphatic hydroxyl groups excluding tert-OH is 2. The van der Waals surface area contributed by atoms with Gasteiger partial charge in [-0.05, 0) is 54.8 Å². The topological polar surface area (TPSA) is 174 Å². The molecule has 1 aliphatic heterocycles. The Hall–Kier alpha value is -4.04. The molecule has 1 heterocycles. The zero-order valence-corrected chi connectivity index (χ0v) is 30.0. The van der Waals surface area contributed by atoms with Crippen LogP contribution in [0.5, 0.6) is 0 Å². The number of hydrogen-bond acceptors (Lipinski definition) is 9.